The molecule has 1 aromatic rings. The van der Waals surface area contributed by atoms with Gasteiger partial charge in [0.1, 0.15) is 0 Å². The predicted molar refractivity (Wildman–Crippen MR) is 75.6 cm³/mol. The molecule has 0 aliphatic carbocycles. The van der Waals surface area contributed by atoms with Crippen molar-refractivity contribution in [3.8, 4) is 0 Å². The van der Waals surface area contributed by atoms with Gasteiger partial charge in [-0.25, -0.2) is 0 Å². The first-order valence-electron chi connectivity index (χ1n) is 6.59. The number of hydrogen-bond acceptors (Lipinski definition) is 3. The average molecular weight is 269 g/mol. The highest BCUT2D eigenvalue weighted by Crippen LogP contribution is 2.25. The quantitative estimate of drug-likeness (QED) is 0.826. The van der Waals surface area contributed by atoms with Crippen LogP contribution in [0.1, 0.15) is 31.2 Å². The van der Waals surface area contributed by atoms with E-state index in [0.717, 1.165) is 30.8 Å². The minimum absolute atomic E-state index is 0.261. The molecule has 3 N–H and O–H groups in total. The Labute approximate surface area is 114 Å². The van der Waals surface area contributed by atoms with Gasteiger partial charge in [0, 0.05) is 29.9 Å². The Morgan fingerprint density at radius 2 is 2.22 bits per heavy atom. The number of rotatable bonds is 4. The van der Waals surface area contributed by atoms with Crippen molar-refractivity contribution in [1.82, 2.24) is 4.90 Å². The van der Waals surface area contributed by atoms with Gasteiger partial charge >= 0.3 is 0 Å². The molecule has 2 rings (SSSR count). The maximum absolute atomic E-state index is 9.12. The fraction of sp³-hybridized carbons (Fsp3) is 0.571. The van der Waals surface area contributed by atoms with Gasteiger partial charge < -0.3 is 10.8 Å². The van der Waals surface area contributed by atoms with E-state index in [9.17, 15) is 0 Å². The van der Waals surface area contributed by atoms with Gasteiger partial charge in [0.25, 0.3) is 0 Å². The zero-order valence-corrected chi connectivity index (χ0v) is 11.4. The summed E-state index contributed by atoms with van der Waals surface area (Å²) in [5, 5.41) is 9.81. The summed E-state index contributed by atoms with van der Waals surface area (Å²) >= 11 is 5.91. The first kappa shape index (κ1) is 13.7. The summed E-state index contributed by atoms with van der Waals surface area (Å²) in [7, 11) is 0. The molecule has 1 unspecified atom stereocenters. The molecule has 0 saturated carbocycles. The van der Waals surface area contributed by atoms with Crippen molar-refractivity contribution >= 4 is 17.3 Å². The number of anilines is 1. The van der Waals surface area contributed by atoms with E-state index in [2.05, 4.69) is 4.90 Å². The molecule has 100 valence electrons. The molecule has 1 aliphatic heterocycles. The highest BCUT2D eigenvalue weighted by molar-refractivity contribution is 6.30. The fourth-order valence-electron chi connectivity index (χ4n) is 2.67. The smallest absolute Gasteiger partial charge is 0.0445 e. The van der Waals surface area contributed by atoms with Crippen LogP contribution in [0, 0.1) is 0 Å². The molecule has 0 radical (unpaired) electrons. The van der Waals surface area contributed by atoms with Gasteiger partial charge in [-0.3, -0.25) is 4.90 Å². The van der Waals surface area contributed by atoms with Crippen molar-refractivity contribution in [3.05, 3.63) is 28.8 Å². The third kappa shape index (κ3) is 3.37. The number of nitrogen functional groups attached to an aromatic ring is 1. The highest BCUT2D eigenvalue weighted by atomic mass is 35.5. The number of benzene rings is 1. The summed E-state index contributed by atoms with van der Waals surface area (Å²) in [6.07, 6.45) is 4.52. The number of nitrogens with zero attached hydrogens (tertiary/aromatic N) is 1. The number of halogens is 1. The van der Waals surface area contributed by atoms with Crippen LogP contribution in [-0.4, -0.2) is 29.2 Å². The second-order valence-electron chi connectivity index (χ2n) is 4.98. The zero-order valence-electron chi connectivity index (χ0n) is 10.6. The van der Waals surface area contributed by atoms with E-state index in [1.807, 2.05) is 18.2 Å². The molecule has 1 aromatic carbocycles. The molecule has 1 fully saturated rings. The molecular formula is C14H21ClN2O. The molecule has 0 aromatic heterocycles. The first-order chi connectivity index (χ1) is 8.70. The lowest BCUT2D eigenvalue weighted by molar-refractivity contribution is 0.112. The number of piperidine rings is 1. The Balaban J connectivity index is 2.06. The van der Waals surface area contributed by atoms with Crippen LogP contribution in [0.4, 0.5) is 5.69 Å². The van der Waals surface area contributed by atoms with Crippen LogP contribution in [0.5, 0.6) is 0 Å². The SMILES string of the molecule is Nc1cc(Cl)ccc1CN1CCCCC1CCO. The molecule has 4 heteroatoms. The number of likely N-dealkylation sites (tertiary alicyclic amines) is 1. The predicted octanol–water partition coefficient (Wildman–Crippen LogP) is 2.66. The third-order valence-electron chi connectivity index (χ3n) is 3.69. The summed E-state index contributed by atoms with van der Waals surface area (Å²) < 4.78 is 0. The maximum atomic E-state index is 9.12. The second-order valence-corrected chi connectivity index (χ2v) is 5.41. The van der Waals surface area contributed by atoms with E-state index in [1.54, 1.807) is 0 Å². The van der Waals surface area contributed by atoms with E-state index in [0.29, 0.717) is 11.1 Å². The highest BCUT2D eigenvalue weighted by Gasteiger charge is 2.22. The monoisotopic (exact) mass is 268 g/mol. The van der Waals surface area contributed by atoms with Crippen LogP contribution in [0.3, 0.4) is 0 Å². The zero-order chi connectivity index (χ0) is 13.0. The summed E-state index contributed by atoms with van der Waals surface area (Å²) in [5.41, 5.74) is 7.89. The normalized spacial score (nSPS) is 21.1. The molecule has 1 saturated heterocycles. The van der Waals surface area contributed by atoms with Gasteiger partial charge in [-0.15, -0.1) is 0 Å². The average Bonchev–Trinajstić information content (AvgIpc) is 2.35. The van der Waals surface area contributed by atoms with Crippen molar-refractivity contribution in [2.24, 2.45) is 0 Å². The topological polar surface area (TPSA) is 49.5 Å². The van der Waals surface area contributed by atoms with Gasteiger partial charge in [-0.1, -0.05) is 24.1 Å². The standard InChI is InChI=1S/C14H21ClN2O/c15-12-5-4-11(14(16)9-12)10-17-7-2-1-3-13(17)6-8-18/h4-5,9,13,18H,1-3,6-8,10,16H2. The lowest BCUT2D eigenvalue weighted by Crippen LogP contribution is -2.39. The molecule has 0 amide bonds. The summed E-state index contributed by atoms with van der Waals surface area (Å²) in [6.45, 7) is 2.21. The molecular weight excluding hydrogens is 248 g/mol. The Morgan fingerprint density at radius 1 is 1.39 bits per heavy atom. The number of hydrogen-bond donors (Lipinski definition) is 2. The molecule has 1 atom stereocenters. The number of nitrogens with two attached hydrogens (primary N) is 1. The summed E-state index contributed by atoms with van der Waals surface area (Å²) in [6, 6.07) is 6.18. The Kier molecular flexibility index (Phi) is 4.87. The Morgan fingerprint density at radius 3 is 2.94 bits per heavy atom. The maximum Gasteiger partial charge on any atom is 0.0445 e. The van der Waals surface area contributed by atoms with E-state index >= 15 is 0 Å². The van der Waals surface area contributed by atoms with E-state index in [1.165, 1.54) is 19.3 Å². The van der Waals surface area contributed by atoms with Crippen LogP contribution in [0.25, 0.3) is 0 Å². The van der Waals surface area contributed by atoms with Gasteiger partial charge in [0.05, 0.1) is 0 Å². The van der Waals surface area contributed by atoms with Crippen molar-refractivity contribution in [2.75, 3.05) is 18.9 Å². The lowest BCUT2D eigenvalue weighted by atomic mass is 9.98. The van der Waals surface area contributed by atoms with Gasteiger partial charge in [-0.05, 0) is 43.5 Å². The molecule has 18 heavy (non-hydrogen) atoms. The van der Waals surface area contributed by atoms with Crippen LogP contribution < -0.4 is 5.73 Å². The van der Waals surface area contributed by atoms with Crippen molar-refractivity contribution in [1.29, 1.82) is 0 Å². The minimum Gasteiger partial charge on any atom is -0.398 e. The third-order valence-corrected chi connectivity index (χ3v) is 3.93. The van der Waals surface area contributed by atoms with Crippen LogP contribution >= 0.6 is 11.6 Å². The summed E-state index contributed by atoms with van der Waals surface area (Å²) in [5.74, 6) is 0. The van der Waals surface area contributed by atoms with Gasteiger partial charge in [-0.2, -0.15) is 0 Å². The number of aliphatic hydroxyl groups excluding tert-OH is 1. The van der Waals surface area contributed by atoms with Crippen molar-refractivity contribution in [2.45, 2.75) is 38.3 Å². The molecule has 1 aliphatic rings. The largest absolute Gasteiger partial charge is 0.398 e. The fourth-order valence-corrected chi connectivity index (χ4v) is 2.85. The van der Waals surface area contributed by atoms with Crippen molar-refractivity contribution < 1.29 is 5.11 Å². The first-order valence-corrected chi connectivity index (χ1v) is 6.97. The molecule has 1 heterocycles. The Hall–Kier alpha value is -0.770. The molecule has 0 bridgehead atoms. The molecule has 0 spiro atoms. The van der Waals surface area contributed by atoms with Crippen LogP contribution in [0.15, 0.2) is 18.2 Å². The second kappa shape index (κ2) is 6.41. The summed E-state index contributed by atoms with van der Waals surface area (Å²) in [4.78, 5) is 2.43. The minimum atomic E-state index is 0.261. The van der Waals surface area contributed by atoms with E-state index in [-0.39, 0.29) is 6.61 Å². The van der Waals surface area contributed by atoms with Crippen LogP contribution in [-0.2, 0) is 6.54 Å². The van der Waals surface area contributed by atoms with Crippen molar-refractivity contribution in [3.63, 3.8) is 0 Å². The lowest BCUT2D eigenvalue weighted by Gasteiger charge is -2.35. The molecule has 3 nitrogen and oxygen atoms in total. The van der Waals surface area contributed by atoms with Gasteiger partial charge in [0.2, 0.25) is 0 Å². The Bertz CT molecular complexity index is 395. The van der Waals surface area contributed by atoms with Crippen LogP contribution in [0.2, 0.25) is 5.02 Å². The van der Waals surface area contributed by atoms with Gasteiger partial charge in [0.15, 0.2) is 0 Å². The van der Waals surface area contributed by atoms with E-state index in [4.69, 9.17) is 22.4 Å². The van der Waals surface area contributed by atoms with E-state index < -0.39 is 0 Å². The number of aliphatic hydroxyl groups is 1.